The Morgan fingerprint density at radius 2 is 1.97 bits per heavy atom. The number of rotatable bonds is 8. The van der Waals surface area contributed by atoms with Gasteiger partial charge in [0.05, 0.1) is 19.4 Å². The summed E-state index contributed by atoms with van der Waals surface area (Å²) in [6.45, 7) is 1.60. The molecule has 0 aliphatic carbocycles. The van der Waals surface area contributed by atoms with Gasteiger partial charge in [-0.15, -0.1) is 0 Å². The van der Waals surface area contributed by atoms with Crippen LogP contribution >= 0.6 is 11.6 Å². The molecule has 8 nitrogen and oxygen atoms in total. The molecular weight excluding hydrogens is 444 g/mol. The van der Waals surface area contributed by atoms with Gasteiger partial charge in [-0.1, -0.05) is 36.4 Å². The van der Waals surface area contributed by atoms with Gasteiger partial charge in [-0.3, -0.25) is 0 Å². The smallest absolute Gasteiger partial charge is 0.410 e. The maximum atomic E-state index is 12.3. The maximum Gasteiger partial charge on any atom is 0.410 e. The molecule has 1 atom stereocenters. The highest BCUT2D eigenvalue weighted by Crippen LogP contribution is 2.30. The van der Waals surface area contributed by atoms with Gasteiger partial charge in [-0.25, -0.2) is 14.8 Å². The molecule has 1 aliphatic rings. The summed E-state index contributed by atoms with van der Waals surface area (Å²) < 4.78 is 16.9. The van der Waals surface area contributed by atoms with E-state index in [1.165, 1.54) is 0 Å². The molecule has 168 valence electrons. The van der Waals surface area contributed by atoms with Crippen molar-refractivity contribution >= 4 is 34.4 Å². The van der Waals surface area contributed by atoms with E-state index in [9.17, 15) is 4.79 Å². The fourth-order valence-corrected chi connectivity index (χ4v) is 3.88. The van der Waals surface area contributed by atoms with Crippen LogP contribution in [-0.2, 0) is 17.8 Å². The van der Waals surface area contributed by atoms with Gasteiger partial charge < -0.3 is 24.1 Å². The van der Waals surface area contributed by atoms with Crippen molar-refractivity contribution in [1.29, 1.82) is 0 Å². The number of para-hydroxylation sites is 1. The van der Waals surface area contributed by atoms with Gasteiger partial charge in [-0.2, -0.15) is 0 Å². The Morgan fingerprint density at radius 1 is 1.09 bits per heavy atom. The van der Waals surface area contributed by atoms with Crippen molar-refractivity contribution in [2.75, 3.05) is 18.5 Å². The number of hydrogen-bond acceptors (Lipinski definition) is 7. The molecule has 0 spiro atoms. The minimum absolute atomic E-state index is 0.0989. The van der Waals surface area contributed by atoms with Gasteiger partial charge in [0.2, 0.25) is 5.28 Å². The van der Waals surface area contributed by atoms with E-state index in [4.69, 9.17) is 25.5 Å². The van der Waals surface area contributed by atoms with E-state index < -0.39 is 0 Å². The largest absolute Gasteiger partial charge is 0.487 e. The second-order valence-electron chi connectivity index (χ2n) is 7.61. The predicted octanol–water partition coefficient (Wildman–Crippen LogP) is 4.89. The molecule has 2 aromatic heterocycles. The molecule has 9 heteroatoms. The molecule has 0 radical (unpaired) electrons. The molecule has 1 aliphatic heterocycles. The Morgan fingerprint density at radius 3 is 2.79 bits per heavy atom. The lowest BCUT2D eigenvalue weighted by Gasteiger charge is -2.14. The normalized spacial score (nSPS) is 15.6. The summed E-state index contributed by atoms with van der Waals surface area (Å²) in [6.07, 6.45) is 0.885. The van der Waals surface area contributed by atoms with Crippen LogP contribution in [-0.4, -0.2) is 40.2 Å². The third-order valence-corrected chi connectivity index (χ3v) is 5.43. The van der Waals surface area contributed by atoms with Gasteiger partial charge in [0, 0.05) is 11.9 Å². The minimum atomic E-state index is -0.384. The summed E-state index contributed by atoms with van der Waals surface area (Å²) in [5.74, 6) is 1.89. The number of cyclic esters (lactones) is 1. The third-order valence-electron chi connectivity index (χ3n) is 5.26. The highest BCUT2D eigenvalue weighted by molar-refractivity contribution is 6.29. The lowest BCUT2D eigenvalue weighted by Crippen LogP contribution is -2.26. The lowest BCUT2D eigenvalue weighted by molar-refractivity contribution is 0.103. The SMILES string of the molecule is O=C1OC(COc2cccc3c(NCc4ccco4)nc(Cl)nc23)CN1Cc1ccccc1. The number of fused-ring (bicyclic) bond motifs is 1. The summed E-state index contributed by atoms with van der Waals surface area (Å²) in [7, 11) is 0. The first-order valence-corrected chi connectivity index (χ1v) is 10.9. The first-order chi connectivity index (χ1) is 16.2. The van der Waals surface area contributed by atoms with E-state index in [0.29, 0.717) is 36.7 Å². The number of ether oxygens (including phenoxy) is 2. The zero-order valence-electron chi connectivity index (χ0n) is 17.6. The molecule has 5 rings (SSSR count). The number of carbonyl (C=O) groups excluding carboxylic acids is 1. The Kier molecular flexibility index (Phi) is 5.99. The number of halogens is 1. The molecule has 1 fully saturated rings. The van der Waals surface area contributed by atoms with Crippen LogP contribution < -0.4 is 10.1 Å². The zero-order valence-corrected chi connectivity index (χ0v) is 18.4. The van der Waals surface area contributed by atoms with E-state index in [2.05, 4.69) is 15.3 Å². The van der Waals surface area contributed by atoms with Crippen molar-refractivity contribution in [1.82, 2.24) is 14.9 Å². The van der Waals surface area contributed by atoms with E-state index in [1.54, 1.807) is 17.2 Å². The average Bonchev–Trinajstić information content (AvgIpc) is 3.46. The first-order valence-electron chi connectivity index (χ1n) is 10.5. The van der Waals surface area contributed by atoms with E-state index >= 15 is 0 Å². The fraction of sp³-hybridized carbons (Fsp3) is 0.208. The number of furan rings is 1. The number of aromatic nitrogens is 2. The maximum absolute atomic E-state index is 12.3. The second kappa shape index (κ2) is 9.38. The Balaban J connectivity index is 1.28. The van der Waals surface area contributed by atoms with Gasteiger partial charge >= 0.3 is 6.09 Å². The van der Waals surface area contributed by atoms with Crippen molar-refractivity contribution in [3.05, 3.63) is 83.5 Å². The molecule has 2 aromatic carbocycles. The number of anilines is 1. The quantitative estimate of drug-likeness (QED) is 0.371. The Hall–Kier alpha value is -3.78. The Bertz CT molecular complexity index is 1250. The summed E-state index contributed by atoms with van der Waals surface area (Å²) in [6, 6.07) is 19.0. The predicted molar refractivity (Wildman–Crippen MR) is 123 cm³/mol. The van der Waals surface area contributed by atoms with Crippen molar-refractivity contribution < 1.29 is 18.7 Å². The van der Waals surface area contributed by atoms with Crippen LogP contribution in [0.25, 0.3) is 10.9 Å². The number of nitrogens with zero attached hydrogens (tertiary/aromatic N) is 3. The van der Waals surface area contributed by atoms with Crippen LogP contribution in [0.15, 0.2) is 71.3 Å². The Labute approximate surface area is 195 Å². The molecule has 4 aromatic rings. The number of hydrogen-bond donors (Lipinski definition) is 1. The van der Waals surface area contributed by atoms with Crippen LogP contribution in [0.3, 0.4) is 0 Å². The second-order valence-corrected chi connectivity index (χ2v) is 7.95. The van der Waals surface area contributed by atoms with Crippen LogP contribution in [0.4, 0.5) is 10.6 Å². The molecule has 1 unspecified atom stereocenters. The molecule has 33 heavy (non-hydrogen) atoms. The highest BCUT2D eigenvalue weighted by Gasteiger charge is 2.31. The van der Waals surface area contributed by atoms with Crippen molar-refractivity contribution in [3.63, 3.8) is 0 Å². The van der Waals surface area contributed by atoms with Crippen molar-refractivity contribution in [2.45, 2.75) is 19.2 Å². The highest BCUT2D eigenvalue weighted by atomic mass is 35.5. The van der Waals surface area contributed by atoms with Crippen molar-refractivity contribution in [2.24, 2.45) is 0 Å². The van der Waals surface area contributed by atoms with Crippen LogP contribution in [0, 0.1) is 0 Å². The first kappa shape index (κ1) is 21.1. The average molecular weight is 465 g/mol. The number of carbonyl (C=O) groups is 1. The number of nitrogens with one attached hydrogen (secondary N) is 1. The molecule has 1 saturated heterocycles. The van der Waals surface area contributed by atoms with E-state index in [1.807, 2.05) is 54.6 Å². The number of benzene rings is 2. The molecule has 1 amide bonds. The topological polar surface area (TPSA) is 89.7 Å². The molecule has 0 bridgehead atoms. The lowest BCUT2D eigenvalue weighted by atomic mass is 10.2. The molecule has 0 saturated carbocycles. The van der Waals surface area contributed by atoms with Gasteiger partial charge in [0.25, 0.3) is 0 Å². The minimum Gasteiger partial charge on any atom is -0.487 e. The third kappa shape index (κ3) is 4.85. The van der Waals surface area contributed by atoms with Crippen LogP contribution in [0.1, 0.15) is 11.3 Å². The van der Waals surface area contributed by atoms with Crippen LogP contribution in [0.5, 0.6) is 5.75 Å². The molecule has 1 N–H and O–H groups in total. The van der Waals surface area contributed by atoms with Gasteiger partial charge in [-0.05, 0) is 41.4 Å². The monoisotopic (exact) mass is 464 g/mol. The molecular formula is C24H21ClN4O4. The summed E-state index contributed by atoms with van der Waals surface area (Å²) >= 11 is 6.18. The summed E-state index contributed by atoms with van der Waals surface area (Å²) in [4.78, 5) is 22.6. The van der Waals surface area contributed by atoms with Crippen LogP contribution in [0.2, 0.25) is 5.28 Å². The van der Waals surface area contributed by atoms with E-state index in [0.717, 1.165) is 16.7 Å². The zero-order chi connectivity index (χ0) is 22.6. The van der Waals surface area contributed by atoms with Crippen molar-refractivity contribution in [3.8, 4) is 5.75 Å². The van der Waals surface area contributed by atoms with E-state index in [-0.39, 0.29) is 24.1 Å². The fourth-order valence-electron chi connectivity index (χ4n) is 3.71. The number of amides is 1. The van der Waals surface area contributed by atoms with Gasteiger partial charge in [0.1, 0.15) is 29.5 Å². The molecule has 3 heterocycles. The summed E-state index contributed by atoms with van der Waals surface area (Å²) in [5.41, 5.74) is 1.62. The standard InChI is InChI=1S/C24H21ClN4O4/c25-23-27-21-19(22(28-23)26-12-17-8-5-11-31-17)9-4-10-20(21)32-15-18-14-29(24(30)33-18)13-16-6-2-1-3-7-16/h1-11,18H,12-15H2,(H,26,27,28). The summed E-state index contributed by atoms with van der Waals surface area (Å²) in [5, 5.41) is 4.09. The van der Waals surface area contributed by atoms with Gasteiger partial charge in [0.15, 0.2) is 6.10 Å².